The molecule has 440 valence electrons. The number of hydrogen-bond donors (Lipinski definition) is 0. The molecule has 0 aliphatic heterocycles. The number of hydrogen-bond acceptors (Lipinski definition) is 6. The molecule has 0 rings (SSSR count). The first-order valence-electron chi connectivity index (χ1n) is 31.3. The second-order valence-corrected chi connectivity index (χ2v) is 19.8. The molecule has 0 heterocycles. The van der Waals surface area contributed by atoms with Gasteiger partial charge >= 0.3 is 17.9 Å². The Bertz CT molecular complexity index is 1870. The van der Waals surface area contributed by atoms with E-state index >= 15 is 0 Å². The van der Waals surface area contributed by atoms with Crippen molar-refractivity contribution in [3.63, 3.8) is 0 Å². The van der Waals surface area contributed by atoms with Crippen LogP contribution in [0.4, 0.5) is 0 Å². The average molecular weight is 1090 g/mol. The standard InChI is InChI=1S/C73H112O6/c1-4-7-10-13-16-19-22-25-27-29-31-33-35-36-38-39-41-43-45-48-51-54-57-60-63-66-72(75)78-69-70(68-77-71(74)65-62-59-56-53-50-47-24-21-18-15-12-9-6-3)79-73(76)67-64-61-58-55-52-49-46-44-42-40-37-34-32-30-28-26-23-20-17-14-11-8-5-2/h7-8,10-12,15-17,19-21,24-28,31-34,36,38,40-43,46,48-49,51,70H,4-6,9,13-14,18,22-23,29-30,35,37,39,44-45,47,50,52-69H2,1-3H3/b10-7-,11-8-,15-12-,19-16-,20-17-,24-21-,27-25-,28-26-,33-31-,34-32-,38-36-,42-40-,43-41-,49-46-,51-48-. The van der Waals surface area contributed by atoms with Crippen molar-refractivity contribution >= 4 is 17.9 Å². The van der Waals surface area contributed by atoms with E-state index in [9.17, 15) is 14.4 Å². The van der Waals surface area contributed by atoms with Crippen molar-refractivity contribution in [2.75, 3.05) is 13.2 Å². The lowest BCUT2D eigenvalue weighted by molar-refractivity contribution is -0.167. The molecule has 1 unspecified atom stereocenters. The van der Waals surface area contributed by atoms with Gasteiger partial charge in [-0.05, 0) is 154 Å². The second kappa shape index (κ2) is 65.0. The summed E-state index contributed by atoms with van der Waals surface area (Å²) in [6.07, 6.45) is 97.4. The third-order valence-corrected chi connectivity index (χ3v) is 12.4. The summed E-state index contributed by atoms with van der Waals surface area (Å²) in [6, 6.07) is 0. The van der Waals surface area contributed by atoms with Crippen LogP contribution in [-0.4, -0.2) is 37.2 Å². The van der Waals surface area contributed by atoms with Crippen LogP contribution >= 0.6 is 0 Å². The quantitative estimate of drug-likeness (QED) is 0.0261. The Hall–Kier alpha value is -5.49. The normalized spacial score (nSPS) is 13.4. The van der Waals surface area contributed by atoms with Crippen molar-refractivity contribution < 1.29 is 28.6 Å². The molecule has 6 heteroatoms. The zero-order valence-corrected chi connectivity index (χ0v) is 50.3. The van der Waals surface area contributed by atoms with E-state index in [1.54, 1.807) is 0 Å². The van der Waals surface area contributed by atoms with E-state index in [2.05, 4.69) is 203 Å². The number of carbonyl (C=O) groups is 3. The van der Waals surface area contributed by atoms with Gasteiger partial charge in [0.1, 0.15) is 13.2 Å². The molecule has 1 atom stereocenters. The summed E-state index contributed by atoms with van der Waals surface area (Å²) in [4.78, 5) is 38.3. The highest BCUT2D eigenvalue weighted by Gasteiger charge is 2.19. The summed E-state index contributed by atoms with van der Waals surface area (Å²) in [5, 5.41) is 0. The molecule has 0 fully saturated rings. The number of unbranched alkanes of at least 4 members (excludes halogenated alkanes) is 13. The lowest BCUT2D eigenvalue weighted by Gasteiger charge is -2.18. The number of ether oxygens (including phenoxy) is 3. The zero-order valence-electron chi connectivity index (χ0n) is 50.3. The van der Waals surface area contributed by atoms with Gasteiger partial charge in [0.25, 0.3) is 0 Å². The van der Waals surface area contributed by atoms with Gasteiger partial charge in [-0.2, -0.15) is 0 Å². The first-order valence-corrected chi connectivity index (χ1v) is 31.3. The van der Waals surface area contributed by atoms with E-state index in [0.717, 1.165) is 193 Å². The Morgan fingerprint density at radius 3 is 0.785 bits per heavy atom. The zero-order chi connectivity index (χ0) is 57.1. The van der Waals surface area contributed by atoms with Crippen molar-refractivity contribution in [3.8, 4) is 0 Å². The number of esters is 3. The van der Waals surface area contributed by atoms with Crippen molar-refractivity contribution in [3.05, 3.63) is 182 Å². The Balaban J connectivity index is 4.53. The molecule has 0 aliphatic carbocycles. The van der Waals surface area contributed by atoms with Crippen LogP contribution in [0.25, 0.3) is 0 Å². The van der Waals surface area contributed by atoms with Crippen LogP contribution in [-0.2, 0) is 28.6 Å². The molecule has 0 saturated carbocycles. The maximum atomic E-state index is 12.9. The van der Waals surface area contributed by atoms with Gasteiger partial charge in [-0.3, -0.25) is 14.4 Å². The third-order valence-electron chi connectivity index (χ3n) is 12.4. The Morgan fingerprint density at radius 1 is 0.266 bits per heavy atom. The SMILES string of the molecule is CC/C=C\C/C=C\C/C=C\C/C=C\C/C=C\C/C=C\C/C=C\CCCCCC(=O)OCC(COC(=O)CCCCCCC/C=C\C/C=C\CCC)OC(=O)CCCCCC/C=C\C/C=C\C/C=C\C/C=C\C/C=C\C/C=C\CC. The summed E-state index contributed by atoms with van der Waals surface area (Å²) in [5.41, 5.74) is 0. The molecule has 0 spiro atoms. The molecule has 0 amide bonds. The number of carbonyl (C=O) groups excluding carboxylic acids is 3. The van der Waals surface area contributed by atoms with E-state index in [0.29, 0.717) is 12.8 Å². The predicted octanol–water partition coefficient (Wildman–Crippen LogP) is 21.7. The highest BCUT2D eigenvalue weighted by molar-refractivity contribution is 5.71. The molecule has 0 bridgehead atoms. The van der Waals surface area contributed by atoms with Crippen LogP contribution in [0.2, 0.25) is 0 Å². The lowest BCUT2D eigenvalue weighted by atomic mass is 10.1. The predicted molar refractivity (Wildman–Crippen MR) is 343 cm³/mol. The Morgan fingerprint density at radius 2 is 0.494 bits per heavy atom. The minimum Gasteiger partial charge on any atom is -0.462 e. The first-order chi connectivity index (χ1) is 39.0. The van der Waals surface area contributed by atoms with Gasteiger partial charge in [-0.25, -0.2) is 0 Å². The monoisotopic (exact) mass is 1080 g/mol. The molecule has 0 aromatic carbocycles. The van der Waals surface area contributed by atoms with Gasteiger partial charge in [-0.1, -0.05) is 248 Å². The minimum atomic E-state index is -0.824. The second-order valence-electron chi connectivity index (χ2n) is 19.8. The first kappa shape index (κ1) is 73.5. The molecule has 0 aromatic rings. The summed E-state index contributed by atoms with van der Waals surface area (Å²) in [6.45, 7) is 6.27. The van der Waals surface area contributed by atoms with Crippen LogP contribution in [0.5, 0.6) is 0 Å². The van der Waals surface area contributed by atoms with Crippen molar-refractivity contribution in [1.82, 2.24) is 0 Å². The summed E-state index contributed by atoms with van der Waals surface area (Å²) < 4.78 is 16.8. The van der Waals surface area contributed by atoms with E-state index in [1.807, 2.05) is 0 Å². The molecule has 0 saturated heterocycles. The molecule has 6 nitrogen and oxygen atoms in total. The third kappa shape index (κ3) is 63.2. The van der Waals surface area contributed by atoms with Crippen molar-refractivity contribution in [2.24, 2.45) is 0 Å². The van der Waals surface area contributed by atoms with E-state index in [4.69, 9.17) is 14.2 Å². The summed E-state index contributed by atoms with van der Waals surface area (Å²) >= 11 is 0. The van der Waals surface area contributed by atoms with Crippen LogP contribution < -0.4 is 0 Å². The van der Waals surface area contributed by atoms with Gasteiger partial charge < -0.3 is 14.2 Å². The topological polar surface area (TPSA) is 78.9 Å². The van der Waals surface area contributed by atoms with Crippen LogP contribution in [0.15, 0.2) is 182 Å². The molecule has 0 N–H and O–H groups in total. The minimum absolute atomic E-state index is 0.116. The highest BCUT2D eigenvalue weighted by Crippen LogP contribution is 2.13. The maximum absolute atomic E-state index is 12.9. The molecule has 79 heavy (non-hydrogen) atoms. The fraction of sp³-hybridized carbons (Fsp3) is 0.548. The van der Waals surface area contributed by atoms with Crippen LogP contribution in [0, 0.1) is 0 Å². The summed E-state index contributed by atoms with van der Waals surface area (Å²) in [7, 11) is 0. The molecular formula is C73H112O6. The van der Waals surface area contributed by atoms with Gasteiger partial charge in [0.2, 0.25) is 0 Å². The lowest BCUT2D eigenvalue weighted by Crippen LogP contribution is -2.30. The Kier molecular flexibility index (Phi) is 60.5. The molecule has 0 aromatic heterocycles. The smallest absolute Gasteiger partial charge is 0.306 e. The van der Waals surface area contributed by atoms with Crippen LogP contribution in [0.1, 0.15) is 239 Å². The van der Waals surface area contributed by atoms with Crippen LogP contribution in [0.3, 0.4) is 0 Å². The fourth-order valence-corrected chi connectivity index (χ4v) is 7.76. The highest BCUT2D eigenvalue weighted by atomic mass is 16.6. The average Bonchev–Trinajstić information content (AvgIpc) is 3.45. The molecular weight excluding hydrogens is 973 g/mol. The van der Waals surface area contributed by atoms with E-state index in [1.165, 1.54) is 6.42 Å². The number of rotatable bonds is 54. The van der Waals surface area contributed by atoms with Crippen molar-refractivity contribution in [1.29, 1.82) is 0 Å². The molecule has 0 aliphatic rings. The van der Waals surface area contributed by atoms with Gasteiger partial charge in [0, 0.05) is 19.3 Å². The van der Waals surface area contributed by atoms with E-state index < -0.39 is 6.10 Å². The summed E-state index contributed by atoms with van der Waals surface area (Å²) in [5.74, 6) is -0.998. The largest absolute Gasteiger partial charge is 0.462 e. The van der Waals surface area contributed by atoms with Gasteiger partial charge in [0.15, 0.2) is 6.10 Å². The molecule has 0 radical (unpaired) electrons. The number of allylic oxidation sites excluding steroid dienone is 30. The van der Waals surface area contributed by atoms with E-state index in [-0.39, 0.29) is 37.5 Å². The Labute approximate surface area is 484 Å². The van der Waals surface area contributed by atoms with Gasteiger partial charge in [-0.15, -0.1) is 0 Å². The maximum Gasteiger partial charge on any atom is 0.306 e. The fourth-order valence-electron chi connectivity index (χ4n) is 7.76. The van der Waals surface area contributed by atoms with Gasteiger partial charge in [0.05, 0.1) is 0 Å². The van der Waals surface area contributed by atoms with Crippen molar-refractivity contribution in [2.45, 2.75) is 245 Å².